The Hall–Kier alpha value is -1.14. The van der Waals surface area contributed by atoms with Gasteiger partial charge in [-0.2, -0.15) is 8.78 Å². The highest BCUT2D eigenvalue weighted by Crippen LogP contribution is 2.28. The van der Waals surface area contributed by atoms with E-state index in [1.54, 1.807) is 6.07 Å². The van der Waals surface area contributed by atoms with Crippen LogP contribution >= 0.6 is 0 Å². The normalized spacial score (nSPS) is 12.4. The topological polar surface area (TPSA) is 29.3 Å². The highest BCUT2D eigenvalue weighted by molar-refractivity contribution is 5.20. The van der Waals surface area contributed by atoms with Crippen molar-refractivity contribution in [1.82, 2.24) is 4.90 Å². The molecule has 0 heterocycles. The molecule has 0 aliphatic rings. The van der Waals surface area contributed by atoms with Gasteiger partial charge in [0.2, 0.25) is 0 Å². The Morgan fingerprint density at radius 2 is 1.78 bits per heavy atom. The molecule has 1 aromatic carbocycles. The van der Waals surface area contributed by atoms with Crippen molar-refractivity contribution in [2.75, 3.05) is 26.2 Å². The second-order valence-electron chi connectivity index (χ2n) is 3.99. The smallest absolute Gasteiger partial charge is 0.285 e. The van der Waals surface area contributed by atoms with E-state index in [9.17, 15) is 17.6 Å². The van der Waals surface area contributed by atoms with Crippen molar-refractivity contribution in [3.05, 3.63) is 35.9 Å². The van der Waals surface area contributed by atoms with Crippen molar-refractivity contribution in [3.8, 4) is 0 Å². The van der Waals surface area contributed by atoms with Gasteiger partial charge in [0.25, 0.3) is 12.3 Å². The third-order valence-corrected chi connectivity index (χ3v) is 2.46. The van der Waals surface area contributed by atoms with Crippen LogP contribution in [0.4, 0.5) is 17.6 Å². The van der Waals surface area contributed by atoms with Gasteiger partial charge in [0, 0.05) is 18.7 Å². The van der Waals surface area contributed by atoms with Crippen LogP contribution in [-0.2, 0) is 5.92 Å². The van der Waals surface area contributed by atoms with Crippen LogP contribution in [0.15, 0.2) is 30.3 Å². The number of rotatable bonds is 7. The average molecular weight is 264 g/mol. The molecule has 2 nitrogen and oxygen atoms in total. The summed E-state index contributed by atoms with van der Waals surface area (Å²) in [5, 5.41) is 0. The first-order chi connectivity index (χ1) is 8.45. The Balaban J connectivity index is 2.72. The van der Waals surface area contributed by atoms with Crippen LogP contribution < -0.4 is 5.73 Å². The number of benzene rings is 1. The summed E-state index contributed by atoms with van der Waals surface area (Å²) in [7, 11) is 0. The first kappa shape index (κ1) is 14.9. The van der Waals surface area contributed by atoms with Crippen molar-refractivity contribution >= 4 is 0 Å². The lowest BCUT2D eigenvalue weighted by Crippen LogP contribution is -2.40. The Kier molecular flexibility index (Phi) is 5.55. The Labute approximate surface area is 103 Å². The lowest BCUT2D eigenvalue weighted by molar-refractivity contribution is -0.0479. The molecule has 0 aliphatic heterocycles. The molecular weight excluding hydrogens is 248 g/mol. The molecule has 0 atom stereocenters. The number of halogens is 4. The second-order valence-corrected chi connectivity index (χ2v) is 3.99. The van der Waals surface area contributed by atoms with E-state index in [1.165, 1.54) is 24.3 Å². The third-order valence-electron chi connectivity index (χ3n) is 2.46. The summed E-state index contributed by atoms with van der Waals surface area (Å²) >= 11 is 0. The first-order valence-electron chi connectivity index (χ1n) is 5.59. The Bertz CT molecular complexity index is 343. The zero-order chi connectivity index (χ0) is 13.6. The number of hydrogen-bond donors (Lipinski definition) is 1. The SMILES string of the molecule is NCCN(CC(F)F)CC(F)(F)c1ccccc1. The fraction of sp³-hybridized carbons (Fsp3) is 0.500. The van der Waals surface area contributed by atoms with Crippen molar-refractivity contribution in [2.24, 2.45) is 5.73 Å². The molecule has 0 aliphatic carbocycles. The highest BCUT2D eigenvalue weighted by atomic mass is 19.3. The lowest BCUT2D eigenvalue weighted by Gasteiger charge is -2.26. The summed E-state index contributed by atoms with van der Waals surface area (Å²) in [5.74, 6) is -3.16. The molecule has 0 saturated carbocycles. The van der Waals surface area contributed by atoms with E-state index < -0.39 is 25.4 Å². The molecule has 0 amide bonds. The predicted molar refractivity (Wildman–Crippen MR) is 61.8 cm³/mol. The van der Waals surface area contributed by atoms with E-state index in [0.29, 0.717) is 0 Å². The minimum Gasteiger partial charge on any atom is -0.329 e. The van der Waals surface area contributed by atoms with E-state index in [1.807, 2.05) is 0 Å². The van der Waals surface area contributed by atoms with Crippen molar-refractivity contribution in [1.29, 1.82) is 0 Å². The molecule has 6 heteroatoms. The Morgan fingerprint density at radius 1 is 1.17 bits per heavy atom. The van der Waals surface area contributed by atoms with Crippen molar-refractivity contribution in [2.45, 2.75) is 12.3 Å². The molecule has 1 aromatic rings. The molecule has 1 rings (SSSR count). The maximum absolute atomic E-state index is 13.9. The summed E-state index contributed by atoms with van der Waals surface area (Å²) < 4.78 is 52.2. The van der Waals surface area contributed by atoms with Gasteiger partial charge in [-0.1, -0.05) is 30.3 Å². The van der Waals surface area contributed by atoms with Gasteiger partial charge in [0.1, 0.15) is 0 Å². The number of nitrogens with zero attached hydrogens (tertiary/aromatic N) is 1. The van der Waals surface area contributed by atoms with Crippen LogP contribution in [0, 0.1) is 0 Å². The van der Waals surface area contributed by atoms with Gasteiger partial charge in [-0.3, -0.25) is 4.90 Å². The quantitative estimate of drug-likeness (QED) is 0.766. The van der Waals surface area contributed by atoms with Crippen LogP contribution in [0.1, 0.15) is 5.56 Å². The molecule has 0 fully saturated rings. The van der Waals surface area contributed by atoms with E-state index >= 15 is 0 Å². The Morgan fingerprint density at radius 3 is 2.28 bits per heavy atom. The van der Waals surface area contributed by atoms with Gasteiger partial charge >= 0.3 is 0 Å². The van der Waals surface area contributed by atoms with Crippen LogP contribution in [0.3, 0.4) is 0 Å². The van der Waals surface area contributed by atoms with E-state index in [4.69, 9.17) is 5.73 Å². The van der Waals surface area contributed by atoms with Gasteiger partial charge < -0.3 is 5.73 Å². The zero-order valence-corrected chi connectivity index (χ0v) is 9.83. The number of hydrogen-bond acceptors (Lipinski definition) is 2. The summed E-state index contributed by atoms with van der Waals surface area (Å²) in [6, 6.07) is 7.16. The molecule has 18 heavy (non-hydrogen) atoms. The number of nitrogens with two attached hydrogens (primary N) is 1. The highest BCUT2D eigenvalue weighted by Gasteiger charge is 2.34. The van der Waals surface area contributed by atoms with Crippen molar-refractivity contribution < 1.29 is 17.6 Å². The fourth-order valence-electron chi connectivity index (χ4n) is 1.67. The lowest BCUT2D eigenvalue weighted by atomic mass is 10.1. The first-order valence-corrected chi connectivity index (χ1v) is 5.59. The summed E-state index contributed by atoms with van der Waals surface area (Å²) in [4.78, 5) is 0.984. The van der Waals surface area contributed by atoms with E-state index in [-0.39, 0.29) is 18.7 Å². The molecule has 2 N–H and O–H groups in total. The van der Waals surface area contributed by atoms with E-state index in [0.717, 1.165) is 4.90 Å². The van der Waals surface area contributed by atoms with Crippen LogP contribution in [-0.4, -0.2) is 37.5 Å². The van der Waals surface area contributed by atoms with Gasteiger partial charge in [-0.05, 0) is 0 Å². The molecule has 102 valence electrons. The predicted octanol–water partition coefficient (Wildman–Crippen LogP) is 2.30. The summed E-state index contributed by atoms with van der Waals surface area (Å²) in [6.07, 6.45) is -2.65. The van der Waals surface area contributed by atoms with Gasteiger partial charge in [-0.25, -0.2) is 8.78 Å². The van der Waals surface area contributed by atoms with Gasteiger partial charge in [0.05, 0.1) is 13.1 Å². The van der Waals surface area contributed by atoms with Crippen LogP contribution in [0.25, 0.3) is 0 Å². The third kappa shape index (κ3) is 4.62. The molecule has 0 spiro atoms. The van der Waals surface area contributed by atoms with Gasteiger partial charge in [-0.15, -0.1) is 0 Å². The molecule has 0 bridgehead atoms. The monoisotopic (exact) mass is 264 g/mol. The molecule has 0 saturated heterocycles. The average Bonchev–Trinajstić information content (AvgIpc) is 2.29. The molecule has 0 unspecified atom stereocenters. The maximum Gasteiger partial charge on any atom is 0.285 e. The largest absolute Gasteiger partial charge is 0.329 e. The van der Waals surface area contributed by atoms with E-state index in [2.05, 4.69) is 0 Å². The van der Waals surface area contributed by atoms with Gasteiger partial charge in [0.15, 0.2) is 0 Å². The summed E-state index contributed by atoms with van der Waals surface area (Å²) in [5.41, 5.74) is 5.05. The summed E-state index contributed by atoms with van der Waals surface area (Å²) in [6.45, 7) is -1.36. The molecule has 0 aromatic heterocycles. The fourth-order valence-corrected chi connectivity index (χ4v) is 1.67. The van der Waals surface area contributed by atoms with Crippen molar-refractivity contribution in [3.63, 3.8) is 0 Å². The zero-order valence-electron chi connectivity index (χ0n) is 9.83. The van der Waals surface area contributed by atoms with Crippen LogP contribution in [0.5, 0.6) is 0 Å². The maximum atomic E-state index is 13.9. The molecule has 0 radical (unpaired) electrons. The van der Waals surface area contributed by atoms with Crippen LogP contribution in [0.2, 0.25) is 0 Å². The standard InChI is InChI=1S/C12H16F4N2/c13-11(14)8-18(7-6-17)9-12(15,16)10-4-2-1-3-5-10/h1-5,11H,6-9,17H2. The number of alkyl halides is 4. The minimum absolute atomic E-state index is 0.0206. The molecular formula is C12H16F4N2. The second kappa shape index (κ2) is 6.70. The minimum atomic E-state index is -3.16.